The highest BCUT2D eigenvalue weighted by Crippen LogP contribution is 2.21. The highest BCUT2D eigenvalue weighted by atomic mass is 32.1. The van der Waals surface area contributed by atoms with E-state index in [0.717, 1.165) is 51.3 Å². The maximum Gasteiger partial charge on any atom is 0.237 e. The van der Waals surface area contributed by atoms with Crippen molar-refractivity contribution in [2.75, 3.05) is 26.2 Å². The molecule has 22 heavy (non-hydrogen) atoms. The van der Waals surface area contributed by atoms with E-state index in [1.807, 2.05) is 5.51 Å². The Kier molecular flexibility index (Phi) is 5.44. The Morgan fingerprint density at radius 2 is 2.41 bits per heavy atom. The summed E-state index contributed by atoms with van der Waals surface area (Å²) < 4.78 is 0. The third-order valence-electron chi connectivity index (χ3n) is 4.76. The zero-order chi connectivity index (χ0) is 15.4. The van der Waals surface area contributed by atoms with Crippen molar-refractivity contribution in [3.8, 4) is 0 Å². The molecule has 2 aliphatic rings. The standard InChI is InChI=1S/C16H26N4OS/c1-12-15(22-11-19-12)10-20-7-3-4-13(9-20)8-18-16(21)14-5-2-6-17-14/h11,13-14,17H,2-10H2,1H3,(H,18,21). The van der Waals surface area contributed by atoms with Gasteiger partial charge in [-0.3, -0.25) is 9.69 Å². The van der Waals surface area contributed by atoms with Gasteiger partial charge in [0, 0.05) is 24.5 Å². The summed E-state index contributed by atoms with van der Waals surface area (Å²) in [6.45, 7) is 7.12. The molecule has 122 valence electrons. The Morgan fingerprint density at radius 1 is 1.50 bits per heavy atom. The van der Waals surface area contributed by atoms with E-state index in [1.54, 1.807) is 11.3 Å². The average molecular weight is 322 g/mol. The summed E-state index contributed by atoms with van der Waals surface area (Å²) in [5.74, 6) is 0.764. The van der Waals surface area contributed by atoms with Crippen molar-refractivity contribution in [3.05, 3.63) is 16.1 Å². The molecule has 3 rings (SSSR count). The summed E-state index contributed by atoms with van der Waals surface area (Å²) in [5.41, 5.74) is 3.09. The predicted octanol–water partition coefficient (Wildman–Crippen LogP) is 1.53. The minimum Gasteiger partial charge on any atom is -0.354 e. The second-order valence-corrected chi connectivity index (χ2v) is 7.44. The first-order valence-electron chi connectivity index (χ1n) is 8.35. The molecule has 0 aromatic carbocycles. The molecule has 2 fully saturated rings. The van der Waals surface area contributed by atoms with Gasteiger partial charge in [0.15, 0.2) is 0 Å². The SMILES string of the molecule is Cc1ncsc1CN1CCCC(CNC(=O)C2CCCN2)C1. The third-order valence-corrected chi connectivity index (χ3v) is 5.68. The van der Waals surface area contributed by atoms with E-state index in [2.05, 4.69) is 27.4 Å². The molecule has 2 aliphatic heterocycles. The Hall–Kier alpha value is -0.980. The highest BCUT2D eigenvalue weighted by Gasteiger charge is 2.25. The fourth-order valence-electron chi connectivity index (χ4n) is 3.42. The maximum atomic E-state index is 12.1. The number of hydrogen-bond donors (Lipinski definition) is 2. The van der Waals surface area contributed by atoms with E-state index in [4.69, 9.17) is 0 Å². The molecular weight excluding hydrogens is 296 g/mol. The van der Waals surface area contributed by atoms with E-state index in [1.165, 1.54) is 17.7 Å². The molecule has 1 aromatic rings. The van der Waals surface area contributed by atoms with E-state index in [9.17, 15) is 4.79 Å². The number of rotatable bonds is 5. The molecule has 6 heteroatoms. The number of hydrogen-bond acceptors (Lipinski definition) is 5. The lowest BCUT2D eigenvalue weighted by Crippen LogP contribution is -2.45. The van der Waals surface area contributed by atoms with Gasteiger partial charge < -0.3 is 10.6 Å². The van der Waals surface area contributed by atoms with Crippen molar-refractivity contribution in [2.24, 2.45) is 5.92 Å². The summed E-state index contributed by atoms with van der Waals surface area (Å²) in [6, 6.07) is 0.0412. The lowest BCUT2D eigenvalue weighted by atomic mass is 9.97. The van der Waals surface area contributed by atoms with Crippen LogP contribution in [-0.2, 0) is 11.3 Å². The lowest BCUT2D eigenvalue weighted by molar-refractivity contribution is -0.123. The number of aryl methyl sites for hydroxylation is 1. The Bertz CT molecular complexity index is 498. The number of piperidine rings is 1. The zero-order valence-electron chi connectivity index (χ0n) is 13.3. The number of amides is 1. The molecule has 0 aliphatic carbocycles. The second kappa shape index (κ2) is 7.53. The highest BCUT2D eigenvalue weighted by molar-refractivity contribution is 7.09. The van der Waals surface area contributed by atoms with Crippen LogP contribution in [0, 0.1) is 12.8 Å². The molecule has 0 bridgehead atoms. The van der Waals surface area contributed by atoms with Gasteiger partial charge in [0.2, 0.25) is 5.91 Å². The maximum absolute atomic E-state index is 12.1. The second-order valence-electron chi connectivity index (χ2n) is 6.50. The van der Waals surface area contributed by atoms with Crippen molar-refractivity contribution in [1.82, 2.24) is 20.5 Å². The minimum atomic E-state index is 0.0412. The Balaban J connectivity index is 1.44. The first kappa shape index (κ1) is 15.9. The number of nitrogens with one attached hydrogen (secondary N) is 2. The van der Waals surface area contributed by atoms with E-state index in [0.29, 0.717) is 5.92 Å². The van der Waals surface area contributed by atoms with Crippen molar-refractivity contribution >= 4 is 17.2 Å². The van der Waals surface area contributed by atoms with Crippen molar-refractivity contribution in [2.45, 2.75) is 45.2 Å². The van der Waals surface area contributed by atoms with Crippen LogP contribution in [0.3, 0.4) is 0 Å². The number of thiazole rings is 1. The number of carbonyl (C=O) groups excluding carboxylic acids is 1. The van der Waals surface area contributed by atoms with Crippen LogP contribution in [-0.4, -0.2) is 48.0 Å². The Morgan fingerprint density at radius 3 is 3.14 bits per heavy atom. The molecule has 1 aromatic heterocycles. The number of nitrogens with zero attached hydrogens (tertiary/aromatic N) is 2. The molecule has 2 N–H and O–H groups in total. The van der Waals surface area contributed by atoms with Crippen LogP contribution in [0.15, 0.2) is 5.51 Å². The van der Waals surface area contributed by atoms with Crippen LogP contribution < -0.4 is 10.6 Å². The normalized spacial score (nSPS) is 26.2. The molecule has 0 spiro atoms. The van der Waals surface area contributed by atoms with Crippen molar-refractivity contribution in [3.63, 3.8) is 0 Å². The van der Waals surface area contributed by atoms with Crippen LogP contribution in [0.1, 0.15) is 36.3 Å². The fraction of sp³-hybridized carbons (Fsp3) is 0.750. The van der Waals surface area contributed by atoms with Crippen LogP contribution in [0.25, 0.3) is 0 Å². The molecule has 0 radical (unpaired) electrons. The fourth-order valence-corrected chi connectivity index (χ4v) is 4.24. The average Bonchev–Trinajstić information content (AvgIpc) is 3.18. The largest absolute Gasteiger partial charge is 0.354 e. The third kappa shape index (κ3) is 4.06. The molecule has 2 saturated heterocycles. The first-order valence-corrected chi connectivity index (χ1v) is 9.23. The molecule has 1 amide bonds. The molecule has 2 atom stereocenters. The predicted molar refractivity (Wildman–Crippen MR) is 88.9 cm³/mol. The van der Waals surface area contributed by atoms with Gasteiger partial charge in [0.25, 0.3) is 0 Å². The zero-order valence-corrected chi connectivity index (χ0v) is 14.1. The first-order chi connectivity index (χ1) is 10.7. The lowest BCUT2D eigenvalue weighted by Gasteiger charge is -2.32. The van der Waals surface area contributed by atoms with Gasteiger partial charge in [-0.2, -0.15) is 0 Å². The number of carbonyl (C=O) groups is 1. The summed E-state index contributed by atoms with van der Waals surface area (Å²) in [6.07, 6.45) is 4.54. The van der Waals surface area contributed by atoms with Crippen LogP contribution in [0.2, 0.25) is 0 Å². The van der Waals surface area contributed by atoms with Gasteiger partial charge in [-0.05, 0) is 51.6 Å². The van der Waals surface area contributed by atoms with Gasteiger partial charge in [-0.15, -0.1) is 11.3 Å². The summed E-state index contributed by atoms with van der Waals surface area (Å²) in [4.78, 5) is 20.3. The molecule has 0 saturated carbocycles. The topological polar surface area (TPSA) is 57.3 Å². The van der Waals surface area contributed by atoms with Gasteiger partial charge in [-0.1, -0.05) is 0 Å². The van der Waals surface area contributed by atoms with Gasteiger partial charge in [0.1, 0.15) is 0 Å². The van der Waals surface area contributed by atoms with Crippen molar-refractivity contribution < 1.29 is 4.79 Å². The van der Waals surface area contributed by atoms with Crippen molar-refractivity contribution in [1.29, 1.82) is 0 Å². The molecule has 3 heterocycles. The summed E-state index contributed by atoms with van der Waals surface area (Å²) >= 11 is 1.75. The quantitative estimate of drug-likeness (QED) is 0.863. The van der Waals surface area contributed by atoms with Crippen LogP contribution >= 0.6 is 11.3 Å². The van der Waals surface area contributed by atoms with Gasteiger partial charge in [-0.25, -0.2) is 4.98 Å². The van der Waals surface area contributed by atoms with Crippen LogP contribution in [0.4, 0.5) is 0 Å². The minimum absolute atomic E-state index is 0.0412. The van der Waals surface area contributed by atoms with Gasteiger partial charge in [0.05, 0.1) is 17.2 Å². The molecule has 2 unspecified atom stereocenters. The monoisotopic (exact) mass is 322 g/mol. The Labute approximate surface area is 136 Å². The van der Waals surface area contributed by atoms with Gasteiger partial charge >= 0.3 is 0 Å². The van der Waals surface area contributed by atoms with E-state index in [-0.39, 0.29) is 11.9 Å². The summed E-state index contributed by atoms with van der Waals surface area (Å²) in [5, 5.41) is 6.41. The number of aromatic nitrogens is 1. The number of likely N-dealkylation sites (tertiary alicyclic amines) is 1. The molecular formula is C16H26N4OS. The van der Waals surface area contributed by atoms with E-state index >= 15 is 0 Å². The van der Waals surface area contributed by atoms with Crippen LogP contribution in [0.5, 0.6) is 0 Å². The van der Waals surface area contributed by atoms with E-state index < -0.39 is 0 Å². The molecule has 5 nitrogen and oxygen atoms in total. The summed E-state index contributed by atoms with van der Waals surface area (Å²) in [7, 11) is 0. The smallest absolute Gasteiger partial charge is 0.237 e.